The van der Waals surface area contributed by atoms with Gasteiger partial charge < -0.3 is 4.90 Å². The molecule has 0 unspecified atom stereocenters. The quantitative estimate of drug-likeness (QED) is 0.885. The van der Waals surface area contributed by atoms with Crippen LogP contribution >= 0.6 is 0 Å². The summed E-state index contributed by atoms with van der Waals surface area (Å²) in [5.74, 6) is 1.22. The molecule has 0 spiro atoms. The molecule has 0 fully saturated rings. The van der Waals surface area contributed by atoms with Gasteiger partial charge >= 0.3 is 0 Å². The first-order chi connectivity index (χ1) is 11.8. The standard InChI is InChI=1S/C18H24N4O2S/c1-13-10-18(22(2)3)21-17(20-13)12-19-25(23,24)16-9-8-14-6-4-5-7-15(14)11-16/h8-11,19H,4-7,12H2,1-3H3. The SMILES string of the molecule is Cc1cc(N(C)C)nc(CNS(=O)(=O)c2ccc3c(c2)CCCC3)n1. The minimum atomic E-state index is -3.58. The van der Waals surface area contributed by atoms with Crippen molar-refractivity contribution >= 4 is 15.8 Å². The van der Waals surface area contributed by atoms with E-state index in [1.165, 1.54) is 12.0 Å². The first-order valence-electron chi connectivity index (χ1n) is 8.48. The molecule has 7 heteroatoms. The fourth-order valence-corrected chi connectivity index (χ4v) is 4.07. The van der Waals surface area contributed by atoms with Crippen LogP contribution in [0, 0.1) is 6.92 Å². The third-order valence-corrected chi connectivity index (χ3v) is 5.79. The third-order valence-electron chi connectivity index (χ3n) is 4.40. The summed E-state index contributed by atoms with van der Waals surface area (Å²) >= 11 is 0. The van der Waals surface area contributed by atoms with Crippen molar-refractivity contribution in [2.24, 2.45) is 0 Å². The molecule has 3 rings (SSSR count). The van der Waals surface area contributed by atoms with Crippen LogP contribution in [0.1, 0.15) is 35.5 Å². The first-order valence-corrected chi connectivity index (χ1v) is 9.97. The van der Waals surface area contributed by atoms with Crippen LogP contribution in [0.4, 0.5) is 5.82 Å². The second-order valence-electron chi connectivity index (χ2n) is 6.64. The normalized spacial score (nSPS) is 14.2. The summed E-state index contributed by atoms with van der Waals surface area (Å²) in [5, 5.41) is 0. The number of hydrogen-bond donors (Lipinski definition) is 1. The van der Waals surface area contributed by atoms with Gasteiger partial charge in [0.05, 0.1) is 11.4 Å². The Bertz CT molecular complexity index is 879. The number of benzene rings is 1. The van der Waals surface area contributed by atoms with Crippen LogP contribution in [0.3, 0.4) is 0 Å². The molecule has 0 aliphatic heterocycles. The summed E-state index contributed by atoms with van der Waals surface area (Å²) in [5.41, 5.74) is 3.22. The molecule has 25 heavy (non-hydrogen) atoms. The highest BCUT2D eigenvalue weighted by Crippen LogP contribution is 2.24. The van der Waals surface area contributed by atoms with E-state index in [2.05, 4.69) is 14.7 Å². The zero-order chi connectivity index (χ0) is 18.0. The van der Waals surface area contributed by atoms with Crippen LogP contribution in [0.5, 0.6) is 0 Å². The molecular formula is C18H24N4O2S. The Kier molecular flexibility index (Phi) is 5.06. The second kappa shape index (κ2) is 7.09. The lowest BCUT2D eigenvalue weighted by Gasteiger charge is -2.17. The smallest absolute Gasteiger partial charge is 0.240 e. The summed E-state index contributed by atoms with van der Waals surface area (Å²) in [4.78, 5) is 10.9. The third kappa shape index (κ3) is 4.16. The lowest BCUT2D eigenvalue weighted by molar-refractivity contribution is 0.578. The van der Waals surface area contributed by atoms with Gasteiger partial charge in [0, 0.05) is 25.9 Å². The molecule has 0 saturated carbocycles. The Morgan fingerprint density at radius 3 is 2.52 bits per heavy atom. The van der Waals surface area contributed by atoms with E-state index in [1.807, 2.05) is 38.1 Å². The van der Waals surface area contributed by atoms with Gasteiger partial charge in [0.1, 0.15) is 11.6 Å². The van der Waals surface area contributed by atoms with Crippen molar-refractivity contribution in [2.75, 3.05) is 19.0 Å². The molecular weight excluding hydrogens is 336 g/mol. The van der Waals surface area contributed by atoms with Crippen LogP contribution in [0.25, 0.3) is 0 Å². The Hall–Kier alpha value is -1.99. The van der Waals surface area contributed by atoms with E-state index < -0.39 is 10.0 Å². The molecule has 1 aromatic heterocycles. The molecule has 6 nitrogen and oxygen atoms in total. The maximum atomic E-state index is 12.6. The van der Waals surface area contributed by atoms with E-state index >= 15 is 0 Å². The molecule has 1 aliphatic rings. The summed E-state index contributed by atoms with van der Waals surface area (Å²) in [6.45, 7) is 1.94. The highest BCUT2D eigenvalue weighted by atomic mass is 32.2. The van der Waals surface area contributed by atoms with Gasteiger partial charge in [-0.25, -0.2) is 23.1 Å². The van der Waals surface area contributed by atoms with Crippen molar-refractivity contribution in [1.82, 2.24) is 14.7 Å². The Morgan fingerprint density at radius 2 is 1.80 bits per heavy atom. The molecule has 1 aliphatic carbocycles. The predicted octanol–water partition coefficient (Wildman–Crippen LogP) is 2.21. The molecule has 0 bridgehead atoms. The van der Waals surface area contributed by atoms with Crippen LogP contribution in [-0.2, 0) is 29.4 Å². The number of fused-ring (bicyclic) bond motifs is 1. The average molecular weight is 360 g/mol. The van der Waals surface area contributed by atoms with E-state index in [0.717, 1.165) is 36.3 Å². The summed E-state index contributed by atoms with van der Waals surface area (Å²) in [7, 11) is 0.202. The Balaban J connectivity index is 1.78. The number of nitrogens with one attached hydrogen (secondary N) is 1. The molecule has 0 saturated heterocycles. The van der Waals surface area contributed by atoms with Crippen LogP contribution in [0.15, 0.2) is 29.2 Å². The second-order valence-corrected chi connectivity index (χ2v) is 8.41. The topological polar surface area (TPSA) is 75.2 Å². The van der Waals surface area contributed by atoms with E-state index in [0.29, 0.717) is 10.7 Å². The van der Waals surface area contributed by atoms with E-state index in [-0.39, 0.29) is 6.54 Å². The van der Waals surface area contributed by atoms with Crippen molar-refractivity contribution in [1.29, 1.82) is 0 Å². The van der Waals surface area contributed by atoms with Gasteiger partial charge in [0.2, 0.25) is 10.0 Å². The van der Waals surface area contributed by atoms with Gasteiger partial charge in [0.25, 0.3) is 0 Å². The maximum Gasteiger partial charge on any atom is 0.240 e. The van der Waals surface area contributed by atoms with Crippen molar-refractivity contribution in [2.45, 2.75) is 44.0 Å². The molecule has 0 amide bonds. The van der Waals surface area contributed by atoms with Crippen molar-refractivity contribution in [3.05, 3.63) is 46.9 Å². The van der Waals surface area contributed by atoms with Gasteiger partial charge in [-0.3, -0.25) is 0 Å². The van der Waals surface area contributed by atoms with E-state index in [1.54, 1.807) is 12.1 Å². The monoisotopic (exact) mass is 360 g/mol. The van der Waals surface area contributed by atoms with E-state index in [9.17, 15) is 8.42 Å². The largest absolute Gasteiger partial charge is 0.363 e. The van der Waals surface area contributed by atoms with Crippen LogP contribution in [0.2, 0.25) is 0 Å². The fraction of sp³-hybridized carbons (Fsp3) is 0.444. The molecule has 1 N–H and O–H groups in total. The number of aryl methyl sites for hydroxylation is 3. The maximum absolute atomic E-state index is 12.6. The van der Waals surface area contributed by atoms with Crippen molar-refractivity contribution in [3.63, 3.8) is 0 Å². The minimum absolute atomic E-state index is 0.0714. The number of sulfonamides is 1. The van der Waals surface area contributed by atoms with Gasteiger partial charge in [0.15, 0.2) is 0 Å². The van der Waals surface area contributed by atoms with Crippen LogP contribution in [-0.4, -0.2) is 32.5 Å². The summed E-state index contributed by atoms with van der Waals surface area (Å²) < 4.78 is 27.9. The highest BCUT2D eigenvalue weighted by molar-refractivity contribution is 7.89. The Labute approximate surface area is 149 Å². The number of nitrogens with zero attached hydrogens (tertiary/aromatic N) is 3. The van der Waals surface area contributed by atoms with Crippen molar-refractivity contribution < 1.29 is 8.42 Å². The molecule has 134 valence electrons. The Morgan fingerprint density at radius 1 is 1.08 bits per heavy atom. The van der Waals surface area contributed by atoms with Crippen LogP contribution < -0.4 is 9.62 Å². The minimum Gasteiger partial charge on any atom is -0.363 e. The van der Waals surface area contributed by atoms with Gasteiger partial charge in [-0.05, 0) is 55.9 Å². The zero-order valence-corrected chi connectivity index (χ0v) is 15.7. The zero-order valence-electron chi connectivity index (χ0n) is 14.9. The summed E-state index contributed by atoms with van der Waals surface area (Å²) in [6.07, 6.45) is 4.28. The lowest BCUT2D eigenvalue weighted by Crippen LogP contribution is -2.25. The number of anilines is 1. The molecule has 2 aromatic rings. The predicted molar refractivity (Wildman–Crippen MR) is 98.2 cm³/mol. The van der Waals surface area contributed by atoms with Crippen molar-refractivity contribution in [3.8, 4) is 0 Å². The average Bonchev–Trinajstić information content (AvgIpc) is 2.59. The first kappa shape index (κ1) is 17.8. The number of rotatable bonds is 5. The molecule has 1 aromatic carbocycles. The van der Waals surface area contributed by atoms with Gasteiger partial charge in [-0.15, -0.1) is 0 Å². The summed E-state index contributed by atoms with van der Waals surface area (Å²) in [6, 6.07) is 7.30. The number of hydrogen-bond acceptors (Lipinski definition) is 5. The highest BCUT2D eigenvalue weighted by Gasteiger charge is 2.18. The molecule has 0 atom stereocenters. The molecule has 0 radical (unpaired) electrons. The lowest BCUT2D eigenvalue weighted by atomic mass is 9.92. The molecule has 1 heterocycles. The number of aromatic nitrogens is 2. The van der Waals surface area contributed by atoms with E-state index in [4.69, 9.17) is 0 Å². The fourth-order valence-electron chi connectivity index (χ4n) is 3.04. The van der Waals surface area contributed by atoms with Gasteiger partial charge in [-0.1, -0.05) is 6.07 Å². The van der Waals surface area contributed by atoms with Gasteiger partial charge in [-0.2, -0.15) is 0 Å².